The van der Waals surface area contributed by atoms with Crippen LogP contribution < -0.4 is 5.43 Å². The Morgan fingerprint density at radius 3 is 2.28 bits per heavy atom. The largest absolute Gasteiger partial charge is 0.262 e. The molecule has 0 spiro atoms. The number of nitrogens with zero attached hydrogens (tertiary/aromatic N) is 4. The third-order valence-corrected chi connectivity index (χ3v) is 2.84. The standard InChI is InChI=1S/C13H13N5/c1-9-7-8-10(2)18(9)17-13-14-11-5-3-4-6-12(11)15-16-13/h3-8H,1-2H3,(H,14,16,17). The van der Waals surface area contributed by atoms with E-state index in [0.717, 1.165) is 22.4 Å². The molecule has 18 heavy (non-hydrogen) atoms. The molecule has 0 atom stereocenters. The van der Waals surface area contributed by atoms with Crippen LogP contribution >= 0.6 is 0 Å². The van der Waals surface area contributed by atoms with Crippen molar-refractivity contribution in [1.82, 2.24) is 19.9 Å². The van der Waals surface area contributed by atoms with Gasteiger partial charge in [0.1, 0.15) is 5.52 Å². The van der Waals surface area contributed by atoms with Gasteiger partial charge in [0.2, 0.25) is 0 Å². The molecule has 0 radical (unpaired) electrons. The molecule has 0 saturated carbocycles. The van der Waals surface area contributed by atoms with Crippen molar-refractivity contribution in [3.63, 3.8) is 0 Å². The highest BCUT2D eigenvalue weighted by Crippen LogP contribution is 2.11. The lowest BCUT2D eigenvalue weighted by molar-refractivity contribution is 0.844. The van der Waals surface area contributed by atoms with Gasteiger partial charge >= 0.3 is 0 Å². The Morgan fingerprint density at radius 1 is 0.889 bits per heavy atom. The number of hydrogen-bond acceptors (Lipinski definition) is 4. The quantitative estimate of drug-likeness (QED) is 0.745. The number of para-hydroxylation sites is 1. The Balaban J connectivity index is 2.00. The monoisotopic (exact) mass is 239 g/mol. The van der Waals surface area contributed by atoms with E-state index in [1.807, 2.05) is 54.9 Å². The van der Waals surface area contributed by atoms with Crippen LogP contribution in [0.1, 0.15) is 11.4 Å². The lowest BCUT2D eigenvalue weighted by Gasteiger charge is -2.10. The minimum Gasteiger partial charge on any atom is -0.262 e. The Labute approximate surface area is 104 Å². The molecule has 1 N–H and O–H groups in total. The fourth-order valence-electron chi connectivity index (χ4n) is 1.87. The van der Waals surface area contributed by atoms with Crippen LogP contribution in [0.25, 0.3) is 11.0 Å². The maximum atomic E-state index is 4.43. The van der Waals surface area contributed by atoms with Gasteiger partial charge in [0.15, 0.2) is 0 Å². The van der Waals surface area contributed by atoms with Crippen LogP contribution in [0.5, 0.6) is 0 Å². The Kier molecular flexibility index (Phi) is 2.44. The van der Waals surface area contributed by atoms with Gasteiger partial charge in [-0.2, -0.15) is 0 Å². The highest BCUT2D eigenvalue weighted by atomic mass is 15.5. The van der Waals surface area contributed by atoms with Gasteiger partial charge in [0, 0.05) is 11.4 Å². The zero-order valence-electron chi connectivity index (χ0n) is 10.3. The van der Waals surface area contributed by atoms with Crippen LogP contribution in [0, 0.1) is 13.8 Å². The number of benzene rings is 1. The van der Waals surface area contributed by atoms with Crippen LogP contribution in [0.15, 0.2) is 36.4 Å². The fourth-order valence-corrected chi connectivity index (χ4v) is 1.87. The Morgan fingerprint density at radius 2 is 1.56 bits per heavy atom. The summed E-state index contributed by atoms with van der Waals surface area (Å²) < 4.78 is 1.94. The van der Waals surface area contributed by atoms with Crippen molar-refractivity contribution in [3.05, 3.63) is 47.8 Å². The molecule has 0 fully saturated rings. The summed E-state index contributed by atoms with van der Waals surface area (Å²) in [6.45, 7) is 4.04. The first-order chi connectivity index (χ1) is 8.74. The number of aromatic nitrogens is 4. The van der Waals surface area contributed by atoms with Crippen LogP contribution in [-0.4, -0.2) is 19.9 Å². The molecule has 3 rings (SSSR count). The molecule has 2 heterocycles. The van der Waals surface area contributed by atoms with Crippen molar-refractivity contribution in [3.8, 4) is 0 Å². The molecular weight excluding hydrogens is 226 g/mol. The summed E-state index contributed by atoms with van der Waals surface area (Å²) in [5.41, 5.74) is 6.97. The van der Waals surface area contributed by atoms with E-state index in [2.05, 4.69) is 20.6 Å². The summed E-state index contributed by atoms with van der Waals surface area (Å²) in [6, 6.07) is 11.8. The van der Waals surface area contributed by atoms with Crippen LogP contribution in [0.3, 0.4) is 0 Å². The third kappa shape index (κ3) is 1.79. The molecule has 1 aromatic carbocycles. The lowest BCUT2D eigenvalue weighted by atomic mass is 10.3. The highest BCUT2D eigenvalue weighted by Gasteiger charge is 2.04. The smallest absolute Gasteiger partial charge is 0.262 e. The third-order valence-electron chi connectivity index (χ3n) is 2.84. The first-order valence-electron chi connectivity index (χ1n) is 5.75. The molecule has 0 bridgehead atoms. The summed E-state index contributed by atoms with van der Waals surface area (Å²) in [6.07, 6.45) is 0. The van der Waals surface area contributed by atoms with Gasteiger partial charge in [-0.25, -0.2) is 4.98 Å². The predicted octanol–water partition coefficient (Wildman–Crippen LogP) is 2.32. The van der Waals surface area contributed by atoms with E-state index < -0.39 is 0 Å². The number of hydrogen-bond donors (Lipinski definition) is 1. The minimum absolute atomic E-state index is 0.496. The van der Waals surface area contributed by atoms with Gasteiger partial charge in [-0.3, -0.25) is 10.1 Å². The van der Waals surface area contributed by atoms with Crippen LogP contribution in [0.2, 0.25) is 0 Å². The predicted molar refractivity (Wildman–Crippen MR) is 70.3 cm³/mol. The molecule has 90 valence electrons. The van der Waals surface area contributed by atoms with Crippen molar-refractivity contribution in [2.45, 2.75) is 13.8 Å². The zero-order valence-corrected chi connectivity index (χ0v) is 10.3. The van der Waals surface area contributed by atoms with Gasteiger partial charge in [0.05, 0.1) is 5.52 Å². The van der Waals surface area contributed by atoms with E-state index in [9.17, 15) is 0 Å². The summed E-state index contributed by atoms with van der Waals surface area (Å²) in [5.74, 6) is 0.496. The fraction of sp³-hybridized carbons (Fsp3) is 0.154. The molecule has 0 unspecified atom stereocenters. The van der Waals surface area contributed by atoms with Gasteiger partial charge in [-0.15, -0.1) is 10.2 Å². The Hall–Kier alpha value is -2.43. The van der Waals surface area contributed by atoms with Crippen molar-refractivity contribution < 1.29 is 0 Å². The maximum absolute atomic E-state index is 4.43. The number of rotatable bonds is 2. The van der Waals surface area contributed by atoms with Gasteiger partial charge < -0.3 is 0 Å². The SMILES string of the molecule is Cc1ccc(C)n1Nc1nnc2ccccc2n1. The van der Waals surface area contributed by atoms with E-state index in [-0.39, 0.29) is 0 Å². The zero-order chi connectivity index (χ0) is 12.5. The molecule has 0 aliphatic rings. The number of fused-ring (bicyclic) bond motifs is 1. The molecule has 0 amide bonds. The van der Waals surface area contributed by atoms with Gasteiger partial charge in [0.25, 0.3) is 5.95 Å². The lowest BCUT2D eigenvalue weighted by Crippen LogP contribution is -2.15. The topological polar surface area (TPSA) is 55.6 Å². The van der Waals surface area contributed by atoms with Crippen LogP contribution in [-0.2, 0) is 0 Å². The average Bonchev–Trinajstić information content (AvgIpc) is 2.70. The molecular formula is C13H13N5. The molecule has 3 aromatic rings. The van der Waals surface area contributed by atoms with Crippen molar-refractivity contribution in [2.75, 3.05) is 5.43 Å². The maximum Gasteiger partial charge on any atom is 0.262 e. The second kappa shape index (κ2) is 4.10. The first kappa shape index (κ1) is 10.7. The number of nitrogens with one attached hydrogen (secondary N) is 1. The normalized spacial score (nSPS) is 10.8. The van der Waals surface area contributed by atoms with E-state index in [1.165, 1.54) is 0 Å². The first-order valence-corrected chi connectivity index (χ1v) is 5.75. The van der Waals surface area contributed by atoms with Crippen molar-refractivity contribution in [1.29, 1.82) is 0 Å². The van der Waals surface area contributed by atoms with Crippen LogP contribution in [0.4, 0.5) is 5.95 Å². The summed E-state index contributed by atoms with van der Waals surface area (Å²) in [7, 11) is 0. The summed E-state index contributed by atoms with van der Waals surface area (Å²) in [5, 5.41) is 8.20. The van der Waals surface area contributed by atoms with E-state index >= 15 is 0 Å². The molecule has 0 aliphatic heterocycles. The van der Waals surface area contributed by atoms with Crippen molar-refractivity contribution >= 4 is 17.0 Å². The van der Waals surface area contributed by atoms with Gasteiger partial charge in [-0.1, -0.05) is 12.1 Å². The molecule has 5 heteroatoms. The van der Waals surface area contributed by atoms with E-state index in [1.54, 1.807) is 0 Å². The molecule has 5 nitrogen and oxygen atoms in total. The summed E-state index contributed by atoms with van der Waals surface area (Å²) in [4.78, 5) is 4.43. The number of anilines is 1. The van der Waals surface area contributed by atoms with E-state index in [4.69, 9.17) is 0 Å². The molecule has 0 aliphatic carbocycles. The average molecular weight is 239 g/mol. The number of aryl methyl sites for hydroxylation is 2. The molecule has 2 aromatic heterocycles. The van der Waals surface area contributed by atoms with E-state index in [0.29, 0.717) is 5.95 Å². The minimum atomic E-state index is 0.496. The second-order valence-corrected chi connectivity index (χ2v) is 4.19. The second-order valence-electron chi connectivity index (χ2n) is 4.19. The summed E-state index contributed by atoms with van der Waals surface area (Å²) >= 11 is 0. The van der Waals surface area contributed by atoms with Crippen molar-refractivity contribution in [2.24, 2.45) is 0 Å². The Bertz CT molecular complexity index is 682. The van der Waals surface area contributed by atoms with Gasteiger partial charge in [-0.05, 0) is 38.1 Å². The molecule has 0 saturated heterocycles. The highest BCUT2D eigenvalue weighted by molar-refractivity contribution is 5.74.